The van der Waals surface area contributed by atoms with Crippen LogP contribution in [0.3, 0.4) is 0 Å². The molecule has 2 N–H and O–H groups in total. The third-order valence-electron chi connectivity index (χ3n) is 7.35. The van der Waals surface area contributed by atoms with Gasteiger partial charge in [-0.2, -0.15) is 0 Å². The van der Waals surface area contributed by atoms with Crippen LogP contribution in [-0.2, 0) is 15.1 Å². The topological polar surface area (TPSA) is 85.4 Å². The molecule has 7 nitrogen and oxygen atoms in total. The molecular formula is C32H35N3O4. The van der Waals surface area contributed by atoms with Gasteiger partial charge in [0.2, 0.25) is 0 Å². The van der Waals surface area contributed by atoms with Crippen LogP contribution in [0.15, 0.2) is 107 Å². The summed E-state index contributed by atoms with van der Waals surface area (Å²) in [6.45, 7) is 4.91. The summed E-state index contributed by atoms with van der Waals surface area (Å²) < 4.78 is 15.0. The van der Waals surface area contributed by atoms with Gasteiger partial charge in [-0.1, -0.05) is 97.9 Å². The number of aromatic amines is 1. The third-order valence-corrected chi connectivity index (χ3v) is 7.35. The van der Waals surface area contributed by atoms with E-state index in [4.69, 9.17) is 9.47 Å². The van der Waals surface area contributed by atoms with E-state index in [1.54, 1.807) is 13.1 Å². The van der Waals surface area contributed by atoms with Gasteiger partial charge in [-0.25, -0.2) is 4.79 Å². The van der Waals surface area contributed by atoms with Crippen LogP contribution in [0.5, 0.6) is 0 Å². The van der Waals surface area contributed by atoms with Crippen molar-refractivity contribution >= 4 is 0 Å². The fraction of sp³-hybridized carbons (Fsp3) is 0.312. The summed E-state index contributed by atoms with van der Waals surface area (Å²) in [7, 11) is 0. The zero-order valence-electron chi connectivity index (χ0n) is 22.4. The van der Waals surface area contributed by atoms with Crippen molar-refractivity contribution in [2.45, 2.75) is 50.7 Å². The van der Waals surface area contributed by atoms with Gasteiger partial charge in [0.1, 0.15) is 11.8 Å². The number of aryl methyl sites for hydroxylation is 1. The summed E-state index contributed by atoms with van der Waals surface area (Å²) in [6.07, 6.45) is 2.28. The predicted octanol–water partition coefficient (Wildman–Crippen LogP) is 4.51. The second-order valence-electron chi connectivity index (χ2n) is 9.99. The molecule has 0 bridgehead atoms. The van der Waals surface area contributed by atoms with Gasteiger partial charge in [0, 0.05) is 24.2 Å². The molecular weight excluding hydrogens is 490 g/mol. The molecule has 0 saturated carbocycles. The third kappa shape index (κ3) is 5.52. The zero-order chi connectivity index (χ0) is 27.2. The van der Waals surface area contributed by atoms with E-state index >= 15 is 0 Å². The fourth-order valence-electron chi connectivity index (χ4n) is 5.38. The lowest BCUT2D eigenvalue weighted by molar-refractivity contribution is -0.0813. The van der Waals surface area contributed by atoms with Crippen molar-refractivity contribution in [3.63, 3.8) is 0 Å². The Labute approximate surface area is 228 Å². The number of hydrogen-bond acceptors (Lipinski definition) is 5. The van der Waals surface area contributed by atoms with E-state index in [1.807, 2.05) is 54.6 Å². The van der Waals surface area contributed by atoms with Crippen LogP contribution < -0.4 is 16.6 Å². The Morgan fingerprint density at radius 2 is 1.46 bits per heavy atom. The SMILES string of the molecule is CCCN[C@H]1C[C@H](n2cc(C)c(=O)[nH]c2=O)O[C@@H]1COC(c1ccccc1)(c1ccccc1)c1ccccc1. The molecule has 0 radical (unpaired) electrons. The molecule has 1 aromatic heterocycles. The average Bonchev–Trinajstić information content (AvgIpc) is 3.38. The smallest absolute Gasteiger partial charge is 0.330 e. The lowest BCUT2D eigenvalue weighted by Gasteiger charge is -2.37. The first kappa shape index (κ1) is 26.8. The molecule has 7 heteroatoms. The van der Waals surface area contributed by atoms with Gasteiger partial charge in [-0.05, 0) is 36.6 Å². The van der Waals surface area contributed by atoms with Gasteiger partial charge in [-0.15, -0.1) is 0 Å². The Morgan fingerprint density at radius 1 is 0.923 bits per heavy atom. The summed E-state index contributed by atoms with van der Waals surface area (Å²) in [4.78, 5) is 27.0. The number of aromatic nitrogens is 2. The second kappa shape index (κ2) is 11.9. The van der Waals surface area contributed by atoms with Gasteiger partial charge in [0.25, 0.3) is 5.56 Å². The second-order valence-corrected chi connectivity index (χ2v) is 9.99. The number of nitrogens with one attached hydrogen (secondary N) is 2. The summed E-state index contributed by atoms with van der Waals surface area (Å²) >= 11 is 0. The maximum Gasteiger partial charge on any atom is 0.330 e. The standard InChI is InChI=1S/C32H35N3O4/c1-3-19-33-27-20-29(35-21-23(2)30(36)34-31(35)37)39-28(27)22-38-32(24-13-7-4-8-14-24,25-15-9-5-10-16-25)26-17-11-6-12-18-26/h4-18,21,27-29,33H,3,19-20,22H2,1-2H3,(H,34,36,37)/t27-,28+,29+/m0/s1. The molecule has 4 aromatic rings. The summed E-state index contributed by atoms with van der Waals surface area (Å²) in [5.74, 6) is 0. The van der Waals surface area contributed by atoms with Crippen molar-refractivity contribution in [3.05, 3.63) is 140 Å². The number of benzene rings is 3. The number of rotatable bonds is 10. The monoisotopic (exact) mass is 525 g/mol. The first-order valence-electron chi connectivity index (χ1n) is 13.5. The maximum atomic E-state index is 12.7. The summed E-state index contributed by atoms with van der Waals surface area (Å²) in [6, 6.07) is 30.7. The van der Waals surface area contributed by atoms with Crippen molar-refractivity contribution < 1.29 is 9.47 Å². The highest BCUT2D eigenvalue weighted by molar-refractivity contribution is 5.47. The molecule has 5 rings (SSSR count). The fourth-order valence-corrected chi connectivity index (χ4v) is 5.38. The van der Waals surface area contributed by atoms with E-state index in [1.165, 1.54) is 4.57 Å². The van der Waals surface area contributed by atoms with Gasteiger partial charge >= 0.3 is 5.69 Å². The van der Waals surface area contributed by atoms with E-state index in [0.717, 1.165) is 29.7 Å². The number of H-pyrrole nitrogens is 1. The molecule has 202 valence electrons. The molecule has 0 spiro atoms. The van der Waals surface area contributed by atoms with Crippen molar-refractivity contribution in [1.29, 1.82) is 0 Å². The summed E-state index contributed by atoms with van der Waals surface area (Å²) in [5.41, 5.74) is 1.79. The summed E-state index contributed by atoms with van der Waals surface area (Å²) in [5, 5.41) is 3.59. The molecule has 0 amide bonds. The highest BCUT2D eigenvalue weighted by Gasteiger charge is 2.42. The molecule has 1 aliphatic rings. The van der Waals surface area contributed by atoms with Crippen molar-refractivity contribution in [2.24, 2.45) is 0 Å². The highest BCUT2D eigenvalue weighted by Crippen LogP contribution is 2.41. The molecule has 2 heterocycles. The first-order valence-corrected chi connectivity index (χ1v) is 13.5. The quantitative estimate of drug-likeness (QED) is 0.298. The van der Waals surface area contributed by atoms with E-state index in [9.17, 15) is 9.59 Å². The van der Waals surface area contributed by atoms with E-state index in [2.05, 4.69) is 53.6 Å². The average molecular weight is 526 g/mol. The van der Waals surface area contributed by atoms with Gasteiger partial charge in [-0.3, -0.25) is 14.3 Å². The Kier molecular flexibility index (Phi) is 8.21. The minimum absolute atomic E-state index is 0.0332. The van der Waals surface area contributed by atoms with E-state index < -0.39 is 17.5 Å². The minimum Gasteiger partial charge on any atom is -0.358 e. The number of hydrogen-bond donors (Lipinski definition) is 2. The molecule has 3 atom stereocenters. The van der Waals surface area contributed by atoms with Crippen LogP contribution in [0.2, 0.25) is 0 Å². The predicted molar refractivity (Wildman–Crippen MR) is 152 cm³/mol. The molecule has 39 heavy (non-hydrogen) atoms. The van der Waals surface area contributed by atoms with Crippen molar-refractivity contribution in [3.8, 4) is 0 Å². The van der Waals surface area contributed by atoms with Crippen molar-refractivity contribution in [2.75, 3.05) is 13.2 Å². The van der Waals surface area contributed by atoms with Crippen LogP contribution in [0.1, 0.15) is 48.2 Å². The van der Waals surface area contributed by atoms with Crippen LogP contribution in [0.25, 0.3) is 0 Å². The molecule has 1 aliphatic heterocycles. The van der Waals surface area contributed by atoms with Crippen LogP contribution in [0, 0.1) is 6.92 Å². The number of nitrogens with zero attached hydrogens (tertiary/aromatic N) is 1. The minimum atomic E-state index is -0.869. The normalized spacial score (nSPS) is 19.3. The molecule has 0 unspecified atom stereocenters. The first-order chi connectivity index (χ1) is 19.0. The maximum absolute atomic E-state index is 12.7. The van der Waals surface area contributed by atoms with Gasteiger partial charge < -0.3 is 14.8 Å². The Hall–Kier alpha value is -3.78. The largest absolute Gasteiger partial charge is 0.358 e. The van der Waals surface area contributed by atoms with Crippen LogP contribution in [0.4, 0.5) is 0 Å². The lowest BCUT2D eigenvalue weighted by Crippen LogP contribution is -2.42. The molecule has 1 saturated heterocycles. The molecule has 0 aliphatic carbocycles. The highest BCUT2D eigenvalue weighted by atomic mass is 16.6. The van der Waals surface area contributed by atoms with E-state index in [-0.39, 0.29) is 24.3 Å². The van der Waals surface area contributed by atoms with Crippen LogP contribution >= 0.6 is 0 Å². The molecule has 1 fully saturated rings. The van der Waals surface area contributed by atoms with Crippen molar-refractivity contribution in [1.82, 2.24) is 14.9 Å². The lowest BCUT2D eigenvalue weighted by atomic mass is 9.80. The van der Waals surface area contributed by atoms with Gasteiger partial charge in [0.05, 0.1) is 12.7 Å². The zero-order valence-corrected chi connectivity index (χ0v) is 22.4. The Morgan fingerprint density at radius 3 is 1.97 bits per heavy atom. The van der Waals surface area contributed by atoms with E-state index in [0.29, 0.717) is 12.0 Å². The Bertz CT molecular complexity index is 1370. The Balaban J connectivity index is 1.52. The van der Waals surface area contributed by atoms with Crippen LogP contribution in [-0.4, -0.2) is 34.8 Å². The number of ether oxygens (including phenoxy) is 2. The molecule has 3 aromatic carbocycles. The van der Waals surface area contributed by atoms with Gasteiger partial charge in [0.15, 0.2) is 0 Å².